The van der Waals surface area contributed by atoms with E-state index in [0.717, 1.165) is 26.2 Å². The van der Waals surface area contributed by atoms with Gasteiger partial charge in [0.05, 0.1) is 18.4 Å². The summed E-state index contributed by atoms with van der Waals surface area (Å²) in [6.45, 7) is 6.87. The van der Waals surface area contributed by atoms with Gasteiger partial charge < -0.3 is 14.9 Å². The number of ether oxygens (including phenoxy) is 1. The number of nitrogens with zero attached hydrogens (tertiary/aromatic N) is 4. The number of carboxylic acids is 2. The summed E-state index contributed by atoms with van der Waals surface area (Å²) in [5.41, 5.74) is 1.50. The second kappa shape index (κ2) is 12.2. The molecule has 9 nitrogen and oxygen atoms in total. The molecule has 3 fully saturated rings. The Morgan fingerprint density at radius 2 is 1.53 bits per heavy atom. The Balaban J connectivity index is 0.000000271. The predicted molar refractivity (Wildman–Crippen MR) is 113 cm³/mol. The number of aryl methyl sites for hydroxylation is 1. The van der Waals surface area contributed by atoms with Gasteiger partial charge in [0.15, 0.2) is 0 Å². The van der Waals surface area contributed by atoms with Gasteiger partial charge in [0.1, 0.15) is 0 Å². The molecular formula is C21H30F6N4O5. The average molecular weight is 532 g/mol. The van der Waals surface area contributed by atoms with Gasteiger partial charge in [-0.3, -0.25) is 14.5 Å². The Labute approximate surface area is 203 Å². The molecule has 1 atom stereocenters. The minimum Gasteiger partial charge on any atom is -0.475 e. The summed E-state index contributed by atoms with van der Waals surface area (Å²) in [5, 5.41) is 18.5. The smallest absolute Gasteiger partial charge is 0.475 e. The summed E-state index contributed by atoms with van der Waals surface area (Å²) in [5.74, 6) is -5.51. The molecule has 2 N–H and O–H groups in total. The van der Waals surface area contributed by atoms with Crippen LogP contribution in [-0.2, 0) is 27.9 Å². The maximum absolute atomic E-state index is 10.6. The highest BCUT2D eigenvalue weighted by molar-refractivity contribution is 5.73. The van der Waals surface area contributed by atoms with Crippen molar-refractivity contribution in [1.29, 1.82) is 0 Å². The molecule has 0 aliphatic carbocycles. The van der Waals surface area contributed by atoms with Gasteiger partial charge in [0.25, 0.3) is 0 Å². The average Bonchev–Trinajstić information content (AvgIpc) is 3.51. The second-order valence-corrected chi connectivity index (χ2v) is 9.00. The Morgan fingerprint density at radius 3 is 1.94 bits per heavy atom. The minimum atomic E-state index is -5.08. The number of rotatable bonds is 3. The monoisotopic (exact) mass is 532 g/mol. The molecule has 0 amide bonds. The van der Waals surface area contributed by atoms with Crippen molar-refractivity contribution in [1.82, 2.24) is 19.6 Å². The third kappa shape index (κ3) is 9.24. The number of carboxylic acid groups (broad SMARTS) is 2. The third-order valence-electron chi connectivity index (χ3n) is 6.26. The molecule has 0 bridgehead atoms. The molecule has 1 aromatic heterocycles. The number of likely N-dealkylation sites (tertiary alicyclic amines) is 2. The maximum Gasteiger partial charge on any atom is 0.490 e. The van der Waals surface area contributed by atoms with Crippen molar-refractivity contribution in [3.63, 3.8) is 0 Å². The van der Waals surface area contributed by atoms with Gasteiger partial charge in [-0.1, -0.05) is 0 Å². The van der Waals surface area contributed by atoms with Crippen LogP contribution in [0.5, 0.6) is 0 Å². The van der Waals surface area contributed by atoms with E-state index >= 15 is 0 Å². The highest BCUT2D eigenvalue weighted by Gasteiger charge is 2.44. The molecule has 0 aromatic carbocycles. The number of piperidine rings is 1. The van der Waals surface area contributed by atoms with Crippen LogP contribution in [0.15, 0.2) is 12.4 Å². The van der Waals surface area contributed by atoms with Gasteiger partial charge in [-0.2, -0.15) is 31.4 Å². The lowest BCUT2D eigenvalue weighted by Gasteiger charge is -2.38. The normalized spacial score (nSPS) is 22.5. The van der Waals surface area contributed by atoms with E-state index in [1.54, 1.807) is 0 Å². The number of aliphatic carboxylic acids is 2. The quantitative estimate of drug-likeness (QED) is 0.573. The van der Waals surface area contributed by atoms with Gasteiger partial charge in [-0.15, -0.1) is 0 Å². The first-order valence-electron chi connectivity index (χ1n) is 11.3. The lowest BCUT2D eigenvalue weighted by molar-refractivity contribution is -0.193. The predicted octanol–water partition coefficient (Wildman–Crippen LogP) is 2.91. The van der Waals surface area contributed by atoms with Crippen LogP contribution in [0.1, 0.15) is 37.7 Å². The molecule has 3 aliphatic rings. The Morgan fingerprint density at radius 1 is 1.03 bits per heavy atom. The van der Waals surface area contributed by atoms with Gasteiger partial charge in [0, 0.05) is 44.5 Å². The zero-order valence-corrected chi connectivity index (χ0v) is 19.7. The molecule has 15 heteroatoms. The third-order valence-corrected chi connectivity index (χ3v) is 6.26. The topological polar surface area (TPSA) is 108 Å². The molecule has 36 heavy (non-hydrogen) atoms. The fraction of sp³-hybridized carbons (Fsp3) is 0.762. The molecular weight excluding hydrogens is 502 g/mol. The van der Waals surface area contributed by atoms with Crippen LogP contribution in [-0.4, -0.2) is 98.5 Å². The van der Waals surface area contributed by atoms with Gasteiger partial charge >= 0.3 is 24.3 Å². The summed E-state index contributed by atoms with van der Waals surface area (Å²) in [6, 6.07) is 0.687. The molecule has 3 saturated heterocycles. The summed E-state index contributed by atoms with van der Waals surface area (Å²) < 4.78 is 71.7. The first-order valence-corrected chi connectivity index (χ1v) is 11.3. The lowest BCUT2D eigenvalue weighted by atomic mass is 9.87. The number of hydrogen-bond acceptors (Lipinski definition) is 6. The van der Waals surface area contributed by atoms with E-state index in [1.807, 2.05) is 17.9 Å². The van der Waals surface area contributed by atoms with E-state index in [9.17, 15) is 26.3 Å². The van der Waals surface area contributed by atoms with Crippen LogP contribution in [0, 0.1) is 0 Å². The summed E-state index contributed by atoms with van der Waals surface area (Å²) in [7, 11) is 1.99. The van der Waals surface area contributed by atoms with Crippen LogP contribution < -0.4 is 0 Å². The standard InChI is InChI=1S/C17H28N4O.2C2HF3O2/c1-19-12-15(11-18-19)13-20-8-4-17(5-9-20)10-16(14-22-17)21-6-2-3-7-21;2*3-2(4,5)1(6)7/h11-12,16H,2-10,13-14H2,1H3;2*(H,6,7). The van der Waals surface area contributed by atoms with E-state index in [4.69, 9.17) is 24.5 Å². The van der Waals surface area contributed by atoms with Crippen LogP contribution >= 0.6 is 0 Å². The zero-order chi connectivity index (χ0) is 27.1. The molecule has 1 spiro atoms. The van der Waals surface area contributed by atoms with E-state index in [1.165, 1.54) is 50.8 Å². The fourth-order valence-corrected chi connectivity index (χ4v) is 4.44. The van der Waals surface area contributed by atoms with Crippen molar-refractivity contribution in [3.05, 3.63) is 18.0 Å². The lowest BCUT2D eigenvalue weighted by Crippen LogP contribution is -2.44. The Kier molecular flexibility index (Phi) is 10.1. The zero-order valence-electron chi connectivity index (χ0n) is 19.7. The van der Waals surface area contributed by atoms with Gasteiger partial charge in [0.2, 0.25) is 0 Å². The second-order valence-electron chi connectivity index (χ2n) is 9.00. The van der Waals surface area contributed by atoms with Crippen molar-refractivity contribution in [2.24, 2.45) is 7.05 Å². The minimum absolute atomic E-state index is 0.179. The summed E-state index contributed by atoms with van der Waals surface area (Å²) in [6.07, 6.45) is 0.341. The SMILES string of the molecule is Cn1cc(CN2CCC3(CC2)CC(N2CCCC2)CO3)cn1.O=C(O)C(F)(F)F.O=C(O)C(F)(F)F. The van der Waals surface area contributed by atoms with Crippen LogP contribution in [0.3, 0.4) is 0 Å². The van der Waals surface area contributed by atoms with E-state index < -0.39 is 24.3 Å². The van der Waals surface area contributed by atoms with E-state index in [2.05, 4.69) is 21.1 Å². The van der Waals surface area contributed by atoms with Crippen LogP contribution in [0.2, 0.25) is 0 Å². The van der Waals surface area contributed by atoms with Crippen molar-refractivity contribution in [3.8, 4) is 0 Å². The van der Waals surface area contributed by atoms with Crippen LogP contribution in [0.25, 0.3) is 0 Å². The number of hydrogen-bond donors (Lipinski definition) is 2. The number of halogens is 6. The molecule has 206 valence electrons. The van der Waals surface area contributed by atoms with Crippen molar-refractivity contribution < 1.29 is 50.9 Å². The number of aromatic nitrogens is 2. The molecule has 4 rings (SSSR count). The first-order chi connectivity index (χ1) is 16.6. The summed E-state index contributed by atoms with van der Waals surface area (Å²) >= 11 is 0. The molecule has 4 heterocycles. The molecule has 0 saturated carbocycles. The molecule has 0 radical (unpaired) electrons. The maximum atomic E-state index is 10.6. The molecule has 1 unspecified atom stereocenters. The fourth-order valence-electron chi connectivity index (χ4n) is 4.44. The van der Waals surface area contributed by atoms with Crippen molar-refractivity contribution in [2.45, 2.75) is 62.6 Å². The van der Waals surface area contributed by atoms with Gasteiger partial charge in [-0.05, 0) is 45.2 Å². The highest BCUT2D eigenvalue weighted by Crippen LogP contribution is 2.38. The first kappa shape index (κ1) is 29.8. The van der Waals surface area contributed by atoms with Gasteiger partial charge in [-0.25, -0.2) is 9.59 Å². The van der Waals surface area contributed by atoms with Crippen molar-refractivity contribution in [2.75, 3.05) is 32.8 Å². The Hall–Kier alpha value is -2.39. The van der Waals surface area contributed by atoms with Crippen molar-refractivity contribution >= 4 is 11.9 Å². The van der Waals surface area contributed by atoms with E-state index in [-0.39, 0.29) is 5.60 Å². The molecule has 1 aromatic rings. The summed E-state index contributed by atoms with van der Waals surface area (Å²) in [4.78, 5) is 23.0. The molecule has 3 aliphatic heterocycles. The Bertz CT molecular complexity index is 838. The van der Waals surface area contributed by atoms with E-state index in [0.29, 0.717) is 6.04 Å². The van der Waals surface area contributed by atoms with Crippen LogP contribution in [0.4, 0.5) is 26.3 Å². The number of carbonyl (C=O) groups is 2. The highest BCUT2D eigenvalue weighted by atomic mass is 19.4. The largest absolute Gasteiger partial charge is 0.490 e. The number of alkyl halides is 6.